The summed E-state index contributed by atoms with van der Waals surface area (Å²) in [5, 5.41) is 16.7. The van der Waals surface area contributed by atoms with Gasteiger partial charge in [-0.25, -0.2) is 4.79 Å². The molecule has 0 radical (unpaired) electrons. The summed E-state index contributed by atoms with van der Waals surface area (Å²) < 4.78 is 1.85. The van der Waals surface area contributed by atoms with Crippen LogP contribution in [0.25, 0.3) is 0 Å². The van der Waals surface area contributed by atoms with Gasteiger partial charge in [0.15, 0.2) is 5.69 Å². The highest BCUT2D eigenvalue weighted by molar-refractivity contribution is 5.85. The molecule has 0 spiro atoms. The number of carboxylic acids is 1. The molecule has 1 aliphatic rings. The third-order valence-corrected chi connectivity index (χ3v) is 3.11. The quantitative estimate of drug-likeness (QED) is 0.845. The Morgan fingerprint density at radius 3 is 2.83 bits per heavy atom. The van der Waals surface area contributed by atoms with Crippen LogP contribution >= 0.6 is 0 Å². The number of hydrogen-bond acceptors (Lipinski definition) is 3. The van der Waals surface area contributed by atoms with Crippen LogP contribution in [0.3, 0.4) is 0 Å². The van der Waals surface area contributed by atoms with Gasteiger partial charge in [-0.05, 0) is 46.1 Å². The summed E-state index contributed by atoms with van der Waals surface area (Å²) in [4.78, 5) is 11.0. The largest absolute Gasteiger partial charge is 0.476 e. The Morgan fingerprint density at radius 1 is 1.50 bits per heavy atom. The van der Waals surface area contributed by atoms with Crippen molar-refractivity contribution < 1.29 is 9.90 Å². The van der Waals surface area contributed by atoms with Gasteiger partial charge in [-0.15, -0.1) is 0 Å². The van der Waals surface area contributed by atoms with Crippen molar-refractivity contribution in [3.05, 3.63) is 17.5 Å². The van der Waals surface area contributed by atoms with Gasteiger partial charge in [-0.1, -0.05) is 0 Å². The number of fused-ring (bicyclic) bond motifs is 1. The standard InChI is InChI=1S/C13H21N3O2/c1-13(2,3)14-9-6-4-5-7-16-11(9)8-10(15-16)12(17)18/h8-9,14H,4-7H2,1-3H3,(H,17,18). The van der Waals surface area contributed by atoms with Crippen molar-refractivity contribution >= 4 is 5.97 Å². The Kier molecular flexibility index (Phi) is 3.43. The minimum atomic E-state index is -0.954. The Hall–Kier alpha value is -1.36. The zero-order chi connectivity index (χ0) is 13.3. The van der Waals surface area contributed by atoms with E-state index in [4.69, 9.17) is 5.11 Å². The van der Waals surface area contributed by atoms with E-state index in [9.17, 15) is 4.79 Å². The molecule has 0 aliphatic carbocycles. The van der Waals surface area contributed by atoms with Crippen molar-refractivity contribution in [3.63, 3.8) is 0 Å². The predicted octanol–water partition coefficient (Wildman–Crippen LogP) is 2.19. The van der Waals surface area contributed by atoms with Gasteiger partial charge in [0.05, 0.1) is 5.69 Å². The molecule has 100 valence electrons. The fourth-order valence-electron chi connectivity index (χ4n) is 2.42. The first-order valence-corrected chi connectivity index (χ1v) is 6.45. The summed E-state index contributed by atoms with van der Waals surface area (Å²) in [7, 11) is 0. The molecule has 1 atom stereocenters. The van der Waals surface area contributed by atoms with Gasteiger partial charge >= 0.3 is 5.97 Å². The molecular weight excluding hydrogens is 230 g/mol. The lowest BCUT2D eigenvalue weighted by atomic mass is 10.0. The summed E-state index contributed by atoms with van der Waals surface area (Å²) in [5.74, 6) is -0.954. The second-order valence-corrected chi connectivity index (χ2v) is 5.93. The zero-order valence-corrected chi connectivity index (χ0v) is 11.2. The number of rotatable bonds is 2. The highest BCUT2D eigenvalue weighted by atomic mass is 16.4. The maximum Gasteiger partial charge on any atom is 0.356 e. The third-order valence-electron chi connectivity index (χ3n) is 3.11. The molecule has 0 saturated carbocycles. The first-order chi connectivity index (χ1) is 8.37. The number of aromatic carboxylic acids is 1. The number of nitrogens with one attached hydrogen (secondary N) is 1. The van der Waals surface area contributed by atoms with Gasteiger partial charge in [-0.2, -0.15) is 5.10 Å². The Balaban J connectivity index is 2.31. The average molecular weight is 251 g/mol. The number of aryl methyl sites for hydroxylation is 1. The first kappa shape index (κ1) is 13.1. The van der Waals surface area contributed by atoms with Crippen LogP contribution in [0.15, 0.2) is 6.07 Å². The highest BCUT2D eigenvalue weighted by Gasteiger charge is 2.25. The van der Waals surface area contributed by atoms with Crippen molar-refractivity contribution in [2.24, 2.45) is 0 Å². The van der Waals surface area contributed by atoms with Crippen LogP contribution < -0.4 is 5.32 Å². The Labute approximate surface area is 107 Å². The van der Waals surface area contributed by atoms with E-state index in [0.29, 0.717) is 0 Å². The number of aromatic nitrogens is 2. The number of carbonyl (C=O) groups is 1. The van der Waals surface area contributed by atoms with E-state index in [-0.39, 0.29) is 17.3 Å². The molecule has 0 bridgehead atoms. The summed E-state index contributed by atoms with van der Waals surface area (Å²) >= 11 is 0. The van der Waals surface area contributed by atoms with Crippen molar-refractivity contribution in [1.29, 1.82) is 0 Å². The predicted molar refractivity (Wildman–Crippen MR) is 68.7 cm³/mol. The van der Waals surface area contributed by atoms with Crippen molar-refractivity contribution in [1.82, 2.24) is 15.1 Å². The topological polar surface area (TPSA) is 67.2 Å². The van der Waals surface area contributed by atoms with Crippen LogP contribution in [0.2, 0.25) is 0 Å². The lowest BCUT2D eigenvalue weighted by molar-refractivity contribution is 0.0689. The van der Waals surface area contributed by atoms with Crippen LogP contribution in [-0.4, -0.2) is 26.4 Å². The molecule has 5 nitrogen and oxygen atoms in total. The minimum Gasteiger partial charge on any atom is -0.476 e. The highest BCUT2D eigenvalue weighted by Crippen LogP contribution is 2.26. The smallest absolute Gasteiger partial charge is 0.356 e. The van der Waals surface area contributed by atoms with E-state index in [1.807, 2.05) is 4.68 Å². The molecule has 5 heteroatoms. The van der Waals surface area contributed by atoms with E-state index in [1.165, 1.54) is 0 Å². The van der Waals surface area contributed by atoms with Gasteiger partial charge in [-0.3, -0.25) is 4.68 Å². The average Bonchev–Trinajstić information content (AvgIpc) is 2.58. The van der Waals surface area contributed by atoms with E-state index in [2.05, 4.69) is 31.2 Å². The maximum atomic E-state index is 11.0. The third kappa shape index (κ3) is 2.90. The van der Waals surface area contributed by atoms with E-state index < -0.39 is 5.97 Å². The number of nitrogens with zero attached hydrogens (tertiary/aromatic N) is 2. The van der Waals surface area contributed by atoms with Crippen molar-refractivity contribution in [2.45, 2.75) is 58.2 Å². The molecule has 2 rings (SSSR count). The van der Waals surface area contributed by atoms with Gasteiger partial charge in [0.1, 0.15) is 0 Å². The Bertz CT molecular complexity index is 446. The number of carboxylic acid groups (broad SMARTS) is 1. The monoisotopic (exact) mass is 251 g/mol. The molecule has 1 aliphatic heterocycles. The Morgan fingerprint density at radius 2 is 2.22 bits per heavy atom. The summed E-state index contributed by atoms with van der Waals surface area (Å²) in [6, 6.07) is 1.89. The van der Waals surface area contributed by atoms with Crippen LogP contribution in [0.4, 0.5) is 0 Å². The van der Waals surface area contributed by atoms with Crippen LogP contribution in [0.5, 0.6) is 0 Å². The van der Waals surface area contributed by atoms with Gasteiger partial charge in [0, 0.05) is 18.1 Å². The van der Waals surface area contributed by atoms with Gasteiger partial charge in [0.2, 0.25) is 0 Å². The first-order valence-electron chi connectivity index (χ1n) is 6.45. The second kappa shape index (κ2) is 4.72. The van der Waals surface area contributed by atoms with Gasteiger partial charge < -0.3 is 10.4 Å². The summed E-state index contributed by atoms with van der Waals surface area (Å²) in [6.07, 6.45) is 3.22. The zero-order valence-electron chi connectivity index (χ0n) is 11.2. The van der Waals surface area contributed by atoms with Crippen LogP contribution in [-0.2, 0) is 6.54 Å². The molecule has 0 amide bonds. The molecular formula is C13H21N3O2. The fourth-order valence-corrected chi connectivity index (χ4v) is 2.42. The lowest BCUT2D eigenvalue weighted by Crippen LogP contribution is -2.39. The molecule has 1 aromatic heterocycles. The lowest BCUT2D eigenvalue weighted by Gasteiger charge is -2.27. The molecule has 0 saturated heterocycles. The molecule has 1 aromatic rings. The summed E-state index contributed by atoms with van der Waals surface area (Å²) in [6.45, 7) is 7.18. The van der Waals surface area contributed by atoms with E-state index in [0.717, 1.165) is 31.5 Å². The molecule has 18 heavy (non-hydrogen) atoms. The fraction of sp³-hybridized carbons (Fsp3) is 0.692. The molecule has 1 unspecified atom stereocenters. The van der Waals surface area contributed by atoms with E-state index in [1.54, 1.807) is 6.07 Å². The SMILES string of the molecule is CC(C)(C)NC1CCCCn2nc(C(=O)O)cc21. The van der Waals surface area contributed by atoms with Gasteiger partial charge in [0.25, 0.3) is 0 Å². The summed E-state index contributed by atoms with van der Waals surface area (Å²) in [5.41, 5.74) is 1.15. The van der Waals surface area contributed by atoms with Crippen molar-refractivity contribution in [3.8, 4) is 0 Å². The van der Waals surface area contributed by atoms with E-state index >= 15 is 0 Å². The normalized spacial score (nSPS) is 20.3. The van der Waals surface area contributed by atoms with Crippen LogP contribution in [0, 0.1) is 0 Å². The molecule has 2 heterocycles. The molecule has 0 aromatic carbocycles. The molecule has 2 N–H and O–H groups in total. The second-order valence-electron chi connectivity index (χ2n) is 5.93. The maximum absolute atomic E-state index is 11.0. The molecule has 0 fully saturated rings. The number of hydrogen-bond donors (Lipinski definition) is 2. The van der Waals surface area contributed by atoms with Crippen LogP contribution in [0.1, 0.15) is 62.3 Å². The minimum absolute atomic E-state index is 0.00743. The van der Waals surface area contributed by atoms with Crippen molar-refractivity contribution in [2.75, 3.05) is 0 Å².